The molecule has 0 fully saturated rings. The summed E-state index contributed by atoms with van der Waals surface area (Å²) in [7, 11) is 0. The number of carbonyl (C=O) groups excluding carboxylic acids is 1. The highest BCUT2D eigenvalue weighted by molar-refractivity contribution is 14.1. The number of aromatic nitrogens is 1. The summed E-state index contributed by atoms with van der Waals surface area (Å²) in [6.07, 6.45) is 8.13. The van der Waals surface area contributed by atoms with Gasteiger partial charge in [-0.15, -0.1) is 0 Å². The minimum absolute atomic E-state index is 0.157. The molecule has 2 atom stereocenters. The third-order valence-electron chi connectivity index (χ3n) is 4.13. The van der Waals surface area contributed by atoms with Crippen LogP contribution in [0.25, 0.3) is 0 Å². The number of rotatable bonds is 5. The second kappa shape index (κ2) is 8.40. The van der Waals surface area contributed by atoms with Gasteiger partial charge in [0, 0.05) is 18.0 Å². The van der Waals surface area contributed by atoms with Gasteiger partial charge in [0.2, 0.25) is 0 Å². The number of dihydropyridines is 1. The Bertz CT molecular complexity index is 913. The number of anilines is 1. The number of allylic oxidation sites excluding steroid dienone is 4. The largest absolute Gasteiger partial charge is 0.309 e. The van der Waals surface area contributed by atoms with Gasteiger partial charge in [-0.1, -0.05) is 24.8 Å². The molecular formula is C19H19IN6O. The van der Waals surface area contributed by atoms with Gasteiger partial charge in [-0.05, 0) is 53.3 Å². The molecule has 1 aromatic heterocycles. The minimum Gasteiger partial charge on any atom is -0.309 e. The van der Waals surface area contributed by atoms with Crippen molar-refractivity contribution >= 4 is 46.2 Å². The summed E-state index contributed by atoms with van der Waals surface area (Å²) < 4.78 is 0.971. The fourth-order valence-electron chi connectivity index (χ4n) is 2.71. The van der Waals surface area contributed by atoms with Crippen LogP contribution < -0.4 is 16.5 Å². The molecule has 0 saturated heterocycles. The van der Waals surface area contributed by atoms with E-state index < -0.39 is 6.17 Å². The molecule has 0 spiro atoms. The van der Waals surface area contributed by atoms with Crippen LogP contribution in [0.3, 0.4) is 0 Å². The van der Waals surface area contributed by atoms with Gasteiger partial charge in [0.05, 0.1) is 20.9 Å². The number of pyridine rings is 1. The number of hydrogen-bond donors (Lipinski definition) is 3. The molecule has 4 N–H and O–H groups in total. The zero-order valence-corrected chi connectivity index (χ0v) is 16.8. The van der Waals surface area contributed by atoms with Crippen molar-refractivity contribution in [3.05, 3.63) is 69.6 Å². The number of fused-ring (bicyclic) bond motifs is 1. The summed E-state index contributed by atoms with van der Waals surface area (Å²) in [5.74, 6) is 0.0881. The highest BCUT2D eigenvalue weighted by Gasteiger charge is 2.36. The minimum atomic E-state index is -0.411. The monoisotopic (exact) mass is 474 g/mol. The van der Waals surface area contributed by atoms with Crippen molar-refractivity contribution < 1.29 is 4.79 Å². The molecule has 0 aliphatic carbocycles. The SMILES string of the molecule is C=C(/C=C\C(=C/C)C(=O)Nc1ccccn1)C1=NNC2=C(I)C=NC(N)C12. The average molecular weight is 474 g/mol. The number of nitrogens with two attached hydrogens (primary N) is 1. The van der Waals surface area contributed by atoms with E-state index in [1.807, 2.05) is 6.07 Å². The number of hydrazone groups is 1. The van der Waals surface area contributed by atoms with Crippen LogP contribution in [-0.4, -0.2) is 29.0 Å². The Morgan fingerprint density at radius 2 is 2.22 bits per heavy atom. The maximum Gasteiger partial charge on any atom is 0.256 e. The first-order chi connectivity index (χ1) is 13.0. The Labute approximate surface area is 171 Å². The van der Waals surface area contributed by atoms with E-state index in [0.29, 0.717) is 17.0 Å². The topological polar surface area (TPSA) is 105 Å². The van der Waals surface area contributed by atoms with Crippen molar-refractivity contribution in [1.29, 1.82) is 0 Å². The van der Waals surface area contributed by atoms with Crippen LogP contribution in [0.1, 0.15) is 6.92 Å². The van der Waals surface area contributed by atoms with Gasteiger partial charge in [-0.2, -0.15) is 5.10 Å². The van der Waals surface area contributed by atoms with E-state index in [1.165, 1.54) is 0 Å². The molecule has 3 rings (SSSR count). The lowest BCUT2D eigenvalue weighted by atomic mass is 9.91. The molecule has 0 aromatic carbocycles. The standard InChI is InChI=1S/C19H19IN6O/c1-3-12(19(27)24-14-6-4-5-9-22-14)8-7-11(2)16-15-17(26-25-16)13(20)10-23-18(15)21/h3-10,15,18,26H,2,21H2,1H3,(H,22,24,27)/b8-7-,12-3+. The van der Waals surface area contributed by atoms with Gasteiger partial charge in [-0.25, -0.2) is 4.98 Å². The number of nitrogens with zero attached hydrogens (tertiary/aromatic N) is 3. The van der Waals surface area contributed by atoms with E-state index >= 15 is 0 Å². The Hall–Kier alpha value is -2.59. The van der Waals surface area contributed by atoms with E-state index in [0.717, 1.165) is 15.0 Å². The number of carbonyl (C=O) groups is 1. The van der Waals surface area contributed by atoms with E-state index in [9.17, 15) is 4.79 Å². The number of hydrogen-bond acceptors (Lipinski definition) is 6. The molecule has 2 unspecified atom stereocenters. The number of amides is 1. The van der Waals surface area contributed by atoms with Crippen molar-refractivity contribution in [1.82, 2.24) is 10.4 Å². The molecule has 8 heteroatoms. The Morgan fingerprint density at radius 1 is 1.41 bits per heavy atom. The molecule has 0 radical (unpaired) electrons. The molecule has 1 aromatic rings. The van der Waals surface area contributed by atoms with Gasteiger partial charge >= 0.3 is 0 Å². The van der Waals surface area contributed by atoms with Gasteiger partial charge in [0.1, 0.15) is 12.0 Å². The normalized spacial score (nSPS) is 21.7. The zero-order valence-electron chi connectivity index (χ0n) is 14.7. The smallest absolute Gasteiger partial charge is 0.256 e. The fourth-order valence-corrected chi connectivity index (χ4v) is 3.33. The zero-order chi connectivity index (χ0) is 19.4. The van der Waals surface area contributed by atoms with Crippen LogP contribution in [0.2, 0.25) is 0 Å². The number of aliphatic imine (C=N–C) groups is 1. The van der Waals surface area contributed by atoms with Crippen molar-refractivity contribution in [3.63, 3.8) is 0 Å². The predicted molar refractivity (Wildman–Crippen MR) is 116 cm³/mol. The van der Waals surface area contributed by atoms with E-state index in [4.69, 9.17) is 5.73 Å². The molecule has 2 aliphatic heterocycles. The Balaban J connectivity index is 1.70. The predicted octanol–water partition coefficient (Wildman–Crippen LogP) is 2.67. The van der Waals surface area contributed by atoms with Crippen LogP contribution in [0.5, 0.6) is 0 Å². The second-order valence-corrected chi connectivity index (χ2v) is 7.05. The lowest BCUT2D eigenvalue weighted by molar-refractivity contribution is -0.112. The molecule has 3 heterocycles. The summed E-state index contributed by atoms with van der Waals surface area (Å²) in [6.45, 7) is 5.87. The van der Waals surface area contributed by atoms with E-state index in [-0.39, 0.29) is 11.8 Å². The summed E-state index contributed by atoms with van der Waals surface area (Å²) in [4.78, 5) is 20.8. The number of halogens is 1. The van der Waals surface area contributed by atoms with Gasteiger partial charge in [0.25, 0.3) is 5.91 Å². The highest BCUT2D eigenvalue weighted by atomic mass is 127. The van der Waals surface area contributed by atoms with Crippen molar-refractivity contribution in [2.45, 2.75) is 13.1 Å². The quantitative estimate of drug-likeness (QED) is 0.347. The van der Waals surface area contributed by atoms with Gasteiger partial charge in [-0.3, -0.25) is 15.2 Å². The van der Waals surface area contributed by atoms with Crippen molar-refractivity contribution in [3.8, 4) is 0 Å². The Kier molecular flexibility index (Phi) is 5.97. The summed E-state index contributed by atoms with van der Waals surface area (Å²) >= 11 is 2.20. The average Bonchev–Trinajstić information content (AvgIpc) is 3.12. The summed E-state index contributed by atoms with van der Waals surface area (Å²) in [6, 6.07) is 5.33. The molecule has 0 bridgehead atoms. The first-order valence-corrected chi connectivity index (χ1v) is 9.37. The molecule has 1 amide bonds. The molecule has 7 nitrogen and oxygen atoms in total. The lowest BCUT2D eigenvalue weighted by Gasteiger charge is -2.22. The molecule has 2 aliphatic rings. The molecule has 27 heavy (non-hydrogen) atoms. The fraction of sp³-hybridized carbons (Fsp3) is 0.158. The second-order valence-electron chi connectivity index (χ2n) is 5.89. The van der Waals surface area contributed by atoms with Crippen molar-refractivity contribution in [2.24, 2.45) is 21.7 Å². The van der Waals surface area contributed by atoms with Crippen LogP contribution in [-0.2, 0) is 4.79 Å². The maximum atomic E-state index is 12.4. The molecule has 0 saturated carbocycles. The van der Waals surface area contributed by atoms with Crippen LogP contribution >= 0.6 is 22.6 Å². The van der Waals surface area contributed by atoms with E-state index in [2.05, 4.69) is 55.0 Å². The third-order valence-corrected chi connectivity index (χ3v) is 4.99. The summed E-state index contributed by atoms with van der Waals surface area (Å²) in [5, 5.41) is 7.12. The van der Waals surface area contributed by atoms with Crippen LogP contribution in [0, 0.1) is 5.92 Å². The first kappa shape index (κ1) is 19.2. The van der Waals surface area contributed by atoms with Crippen LogP contribution in [0.15, 0.2) is 79.7 Å². The highest BCUT2D eigenvalue weighted by Crippen LogP contribution is 2.31. The lowest BCUT2D eigenvalue weighted by Crippen LogP contribution is -2.37. The third kappa shape index (κ3) is 4.22. The van der Waals surface area contributed by atoms with Gasteiger partial charge < -0.3 is 11.1 Å². The maximum absolute atomic E-state index is 12.4. The molecule has 138 valence electrons. The number of nitrogens with one attached hydrogen (secondary N) is 2. The van der Waals surface area contributed by atoms with Crippen molar-refractivity contribution in [2.75, 3.05) is 5.32 Å². The van der Waals surface area contributed by atoms with E-state index in [1.54, 1.807) is 49.7 Å². The van der Waals surface area contributed by atoms with Gasteiger partial charge in [0.15, 0.2) is 0 Å². The van der Waals surface area contributed by atoms with Crippen LogP contribution in [0.4, 0.5) is 5.82 Å². The Morgan fingerprint density at radius 3 is 2.93 bits per heavy atom. The summed E-state index contributed by atoms with van der Waals surface area (Å²) in [5.41, 5.74) is 12.0. The first-order valence-electron chi connectivity index (χ1n) is 8.29. The molecular weight excluding hydrogens is 455 g/mol.